The Bertz CT molecular complexity index is 518. The van der Waals surface area contributed by atoms with Crippen LogP contribution in [0.2, 0.25) is 5.02 Å². The molecule has 1 heterocycles. The lowest BCUT2D eigenvalue weighted by molar-refractivity contribution is 0.909. The van der Waals surface area contributed by atoms with E-state index in [1.54, 1.807) is 0 Å². The van der Waals surface area contributed by atoms with E-state index in [2.05, 4.69) is 6.07 Å². The van der Waals surface area contributed by atoms with Crippen LogP contribution in [0.3, 0.4) is 0 Å². The highest BCUT2D eigenvalue weighted by Crippen LogP contribution is 2.25. The number of nitrogens with zero attached hydrogens (tertiary/aromatic N) is 2. The molecule has 0 saturated heterocycles. The topological polar surface area (TPSA) is 28.7 Å². The van der Waals surface area contributed by atoms with Crippen LogP contribution in [-0.2, 0) is 7.05 Å². The van der Waals surface area contributed by atoms with Gasteiger partial charge in [-0.15, -0.1) is 0 Å². The van der Waals surface area contributed by atoms with Gasteiger partial charge < -0.3 is 4.57 Å². The van der Waals surface area contributed by atoms with Gasteiger partial charge in [0.05, 0.1) is 0 Å². The Morgan fingerprint density at radius 3 is 2.47 bits per heavy atom. The molecule has 0 aliphatic rings. The molecule has 1 aromatic heterocycles. The highest BCUT2D eigenvalue weighted by atomic mass is 35.5. The molecule has 0 saturated carbocycles. The maximum absolute atomic E-state index is 9.01. The van der Waals surface area contributed by atoms with Gasteiger partial charge in [-0.3, -0.25) is 0 Å². The van der Waals surface area contributed by atoms with E-state index in [9.17, 15) is 0 Å². The molecule has 1 aromatic carbocycles. The lowest BCUT2D eigenvalue weighted by atomic mass is 10.1. The van der Waals surface area contributed by atoms with Gasteiger partial charge >= 0.3 is 0 Å². The molecular weight excluding hydrogens is 208 g/mol. The van der Waals surface area contributed by atoms with E-state index < -0.39 is 0 Å². The van der Waals surface area contributed by atoms with Crippen molar-refractivity contribution in [2.45, 2.75) is 0 Å². The molecule has 0 aliphatic heterocycles. The first-order valence-corrected chi connectivity index (χ1v) is 4.91. The predicted molar refractivity (Wildman–Crippen MR) is 60.6 cm³/mol. The number of rotatable bonds is 1. The Morgan fingerprint density at radius 2 is 1.87 bits per heavy atom. The minimum atomic E-state index is 0.664. The highest BCUT2D eigenvalue weighted by molar-refractivity contribution is 6.30. The average molecular weight is 217 g/mol. The molecule has 0 fully saturated rings. The van der Waals surface area contributed by atoms with Crippen molar-refractivity contribution in [1.29, 1.82) is 5.26 Å². The molecule has 74 valence electrons. The van der Waals surface area contributed by atoms with Crippen LogP contribution in [0.5, 0.6) is 0 Å². The summed E-state index contributed by atoms with van der Waals surface area (Å²) in [7, 11) is 1.86. The number of aromatic nitrogens is 1. The van der Waals surface area contributed by atoms with Crippen LogP contribution in [0, 0.1) is 11.3 Å². The Balaban J connectivity index is 2.55. The first-order valence-electron chi connectivity index (χ1n) is 4.53. The quantitative estimate of drug-likeness (QED) is 0.720. The van der Waals surface area contributed by atoms with Crippen LogP contribution in [0.15, 0.2) is 36.5 Å². The third kappa shape index (κ3) is 1.74. The standard InChI is InChI=1S/C12H9ClN2/c1-15-7-6-11(12(15)8-14)9-2-4-10(13)5-3-9/h2-7H,1H3. The second-order valence-corrected chi connectivity index (χ2v) is 3.74. The summed E-state index contributed by atoms with van der Waals surface area (Å²) in [6.45, 7) is 0. The summed E-state index contributed by atoms with van der Waals surface area (Å²) in [6.07, 6.45) is 1.88. The third-order valence-corrected chi connectivity index (χ3v) is 2.59. The molecule has 2 rings (SSSR count). The monoisotopic (exact) mass is 216 g/mol. The molecule has 2 aromatic rings. The first kappa shape index (κ1) is 9.82. The second kappa shape index (κ2) is 3.80. The van der Waals surface area contributed by atoms with Crippen LogP contribution in [-0.4, -0.2) is 4.57 Å². The average Bonchev–Trinajstić information content (AvgIpc) is 2.61. The minimum absolute atomic E-state index is 0.664. The van der Waals surface area contributed by atoms with E-state index in [1.165, 1.54) is 0 Å². The predicted octanol–water partition coefficient (Wildman–Crippen LogP) is 3.22. The SMILES string of the molecule is Cn1ccc(-c2ccc(Cl)cc2)c1C#N. The summed E-state index contributed by atoms with van der Waals surface area (Å²) in [6, 6.07) is 11.6. The van der Waals surface area contributed by atoms with E-state index in [-0.39, 0.29) is 0 Å². The molecule has 3 heteroatoms. The maximum atomic E-state index is 9.01. The van der Waals surface area contributed by atoms with Gasteiger partial charge in [0.1, 0.15) is 11.8 Å². The van der Waals surface area contributed by atoms with Gasteiger partial charge in [0.25, 0.3) is 0 Å². The van der Waals surface area contributed by atoms with E-state index in [0.29, 0.717) is 10.7 Å². The van der Waals surface area contributed by atoms with Crippen LogP contribution >= 0.6 is 11.6 Å². The number of halogens is 1. The summed E-state index contributed by atoms with van der Waals surface area (Å²) >= 11 is 5.81. The molecule has 0 bridgehead atoms. The van der Waals surface area contributed by atoms with E-state index in [4.69, 9.17) is 16.9 Å². The van der Waals surface area contributed by atoms with Gasteiger partial charge in [0, 0.05) is 23.8 Å². The van der Waals surface area contributed by atoms with Crippen LogP contribution in [0.1, 0.15) is 5.69 Å². The van der Waals surface area contributed by atoms with Crippen LogP contribution in [0.4, 0.5) is 0 Å². The number of hydrogen-bond donors (Lipinski definition) is 0. The van der Waals surface area contributed by atoms with Gasteiger partial charge in [0.15, 0.2) is 0 Å². The fourth-order valence-corrected chi connectivity index (χ4v) is 1.66. The second-order valence-electron chi connectivity index (χ2n) is 3.31. The molecule has 0 radical (unpaired) electrons. The molecule has 0 N–H and O–H groups in total. The van der Waals surface area contributed by atoms with Crippen molar-refractivity contribution in [2.75, 3.05) is 0 Å². The number of hydrogen-bond acceptors (Lipinski definition) is 1. The molecule has 0 spiro atoms. The number of benzene rings is 1. The van der Waals surface area contributed by atoms with E-state index >= 15 is 0 Å². The fraction of sp³-hybridized carbons (Fsp3) is 0.0833. The lowest BCUT2D eigenvalue weighted by Crippen LogP contribution is -1.90. The van der Waals surface area contributed by atoms with Crippen LogP contribution in [0.25, 0.3) is 11.1 Å². The molecule has 2 nitrogen and oxygen atoms in total. The zero-order chi connectivity index (χ0) is 10.8. The van der Waals surface area contributed by atoms with Crippen LogP contribution < -0.4 is 0 Å². The Hall–Kier alpha value is -1.72. The maximum Gasteiger partial charge on any atom is 0.127 e. The van der Waals surface area contributed by atoms with Gasteiger partial charge in [-0.25, -0.2) is 0 Å². The zero-order valence-corrected chi connectivity index (χ0v) is 8.99. The molecule has 15 heavy (non-hydrogen) atoms. The van der Waals surface area contributed by atoms with Crippen molar-refractivity contribution in [3.63, 3.8) is 0 Å². The molecule has 0 aliphatic carbocycles. The first-order chi connectivity index (χ1) is 7.22. The lowest BCUT2D eigenvalue weighted by Gasteiger charge is -2.00. The minimum Gasteiger partial charge on any atom is -0.342 e. The Morgan fingerprint density at radius 1 is 1.20 bits per heavy atom. The summed E-state index contributed by atoms with van der Waals surface area (Å²) in [5.41, 5.74) is 2.62. The van der Waals surface area contributed by atoms with Crippen molar-refractivity contribution in [2.24, 2.45) is 7.05 Å². The van der Waals surface area contributed by atoms with Gasteiger partial charge in [-0.2, -0.15) is 5.26 Å². The number of aryl methyl sites for hydroxylation is 1. The molecule has 0 unspecified atom stereocenters. The van der Waals surface area contributed by atoms with E-state index in [0.717, 1.165) is 11.1 Å². The summed E-state index contributed by atoms with van der Waals surface area (Å²) < 4.78 is 1.81. The summed E-state index contributed by atoms with van der Waals surface area (Å²) in [5.74, 6) is 0. The van der Waals surface area contributed by atoms with Gasteiger partial charge in [0.2, 0.25) is 0 Å². The van der Waals surface area contributed by atoms with Crippen molar-refractivity contribution < 1.29 is 0 Å². The normalized spacial score (nSPS) is 9.93. The Kier molecular flexibility index (Phi) is 2.49. The molecule has 0 atom stereocenters. The van der Waals surface area contributed by atoms with Gasteiger partial charge in [-0.1, -0.05) is 23.7 Å². The van der Waals surface area contributed by atoms with Gasteiger partial charge in [-0.05, 0) is 23.8 Å². The smallest absolute Gasteiger partial charge is 0.127 e. The molecule has 0 amide bonds. The van der Waals surface area contributed by atoms with Crippen molar-refractivity contribution in [3.05, 3.63) is 47.2 Å². The molecular formula is C12H9ClN2. The summed E-state index contributed by atoms with van der Waals surface area (Å²) in [4.78, 5) is 0. The van der Waals surface area contributed by atoms with Crippen molar-refractivity contribution in [1.82, 2.24) is 4.57 Å². The van der Waals surface area contributed by atoms with Crippen molar-refractivity contribution in [3.8, 4) is 17.2 Å². The zero-order valence-electron chi connectivity index (χ0n) is 8.24. The largest absolute Gasteiger partial charge is 0.342 e. The third-order valence-electron chi connectivity index (χ3n) is 2.33. The Labute approximate surface area is 93.3 Å². The fourth-order valence-electron chi connectivity index (χ4n) is 1.53. The number of nitriles is 1. The summed E-state index contributed by atoms with van der Waals surface area (Å²) in [5, 5.41) is 9.71. The van der Waals surface area contributed by atoms with E-state index in [1.807, 2.05) is 48.1 Å². The van der Waals surface area contributed by atoms with Crippen molar-refractivity contribution >= 4 is 11.6 Å². The highest BCUT2D eigenvalue weighted by Gasteiger charge is 2.07.